The van der Waals surface area contributed by atoms with E-state index in [4.69, 9.17) is 15.3 Å². The maximum Gasteiger partial charge on any atom is 0.326 e. The van der Waals surface area contributed by atoms with Gasteiger partial charge in [-0.15, -0.1) is 0 Å². The molecule has 0 aromatic heterocycles. The Morgan fingerprint density at radius 1 is 0.706 bits per heavy atom. The molecule has 0 saturated carbocycles. The molecule has 17 nitrogen and oxygen atoms in total. The van der Waals surface area contributed by atoms with Crippen molar-refractivity contribution < 1.29 is 80.4 Å². The van der Waals surface area contributed by atoms with Crippen LogP contribution in [0.25, 0.3) is 0 Å². The molecule has 200 valence electrons. The van der Waals surface area contributed by atoms with E-state index in [0.717, 1.165) is 0 Å². The van der Waals surface area contributed by atoms with Gasteiger partial charge in [0.2, 0.25) is 6.29 Å². The van der Waals surface area contributed by atoms with Gasteiger partial charge in [-0.25, -0.2) is 4.79 Å². The summed E-state index contributed by atoms with van der Waals surface area (Å²) < 4.78 is 4.36. The van der Waals surface area contributed by atoms with Crippen molar-refractivity contribution in [1.29, 1.82) is 0 Å². The Hall–Kier alpha value is -2.03. The van der Waals surface area contributed by atoms with E-state index in [1.165, 1.54) is 0 Å². The maximum absolute atomic E-state index is 11.9. The summed E-state index contributed by atoms with van der Waals surface area (Å²) in [6.45, 7) is -2.03. The lowest BCUT2D eigenvalue weighted by atomic mass is 10.0. The summed E-state index contributed by atoms with van der Waals surface area (Å²) in [5, 5.41) is 114. The van der Waals surface area contributed by atoms with Gasteiger partial charge in [0, 0.05) is 6.42 Å². The summed E-state index contributed by atoms with van der Waals surface area (Å²) in [5.41, 5.74) is 0. The molecule has 0 aliphatic rings. The maximum atomic E-state index is 11.9. The Morgan fingerprint density at radius 3 is 1.62 bits per heavy atom. The van der Waals surface area contributed by atoms with E-state index in [0.29, 0.717) is 0 Å². The molecule has 10 atom stereocenters. The predicted molar refractivity (Wildman–Crippen MR) is 103 cm³/mol. The molecular formula is C17H31NO16. The van der Waals surface area contributed by atoms with Crippen molar-refractivity contribution in [2.24, 2.45) is 0 Å². The fraction of sp³-hybridized carbons (Fsp3) is 0.824. The molecule has 0 aliphatic carbocycles. The highest BCUT2D eigenvalue weighted by Gasteiger charge is 2.37. The van der Waals surface area contributed by atoms with Crippen LogP contribution in [0.2, 0.25) is 0 Å². The lowest BCUT2D eigenvalue weighted by molar-refractivity contribution is -0.213. The van der Waals surface area contributed by atoms with E-state index in [-0.39, 0.29) is 0 Å². The molecule has 0 radical (unpaired) electrons. The van der Waals surface area contributed by atoms with E-state index in [1.807, 2.05) is 0 Å². The first kappa shape index (κ1) is 32.0. The fourth-order valence-corrected chi connectivity index (χ4v) is 2.42. The molecular weight excluding hydrogens is 474 g/mol. The molecule has 1 unspecified atom stereocenters. The molecule has 17 heteroatoms. The topological polar surface area (TPSA) is 315 Å². The summed E-state index contributed by atoms with van der Waals surface area (Å²) in [4.78, 5) is 35.0. The second kappa shape index (κ2) is 15.1. The number of rotatable bonds is 16. The summed E-state index contributed by atoms with van der Waals surface area (Å²) >= 11 is 0. The summed E-state index contributed by atoms with van der Waals surface area (Å²) in [5.74, 6) is -4.58. The highest BCUT2D eigenvalue weighted by atomic mass is 16.6. The van der Waals surface area contributed by atoms with Crippen molar-refractivity contribution in [3.05, 3.63) is 0 Å². The van der Waals surface area contributed by atoms with Gasteiger partial charge in [-0.3, -0.25) is 9.59 Å². The average molecular weight is 505 g/mol. The number of carboxylic acid groups (broad SMARTS) is 1. The number of carbonyl (C=O) groups is 3. The largest absolute Gasteiger partial charge is 0.480 e. The number of carboxylic acids is 1. The number of carbonyl (C=O) groups excluding carboxylic acids is 2. The number of hydrogen-bond acceptors (Lipinski definition) is 15. The van der Waals surface area contributed by atoms with E-state index >= 15 is 0 Å². The second-order valence-corrected chi connectivity index (χ2v) is 7.22. The number of aliphatic carboxylic acids is 1. The number of ether oxygens (including phenoxy) is 1. The van der Waals surface area contributed by atoms with Crippen LogP contribution in [0.1, 0.15) is 12.8 Å². The lowest BCUT2D eigenvalue weighted by Gasteiger charge is -2.28. The van der Waals surface area contributed by atoms with Crippen LogP contribution in [0.15, 0.2) is 0 Å². The molecule has 0 spiro atoms. The second-order valence-electron chi connectivity index (χ2n) is 7.22. The molecule has 13 N–H and O–H groups in total. The van der Waals surface area contributed by atoms with E-state index in [1.54, 1.807) is 5.32 Å². The summed E-state index contributed by atoms with van der Waals surface area (Å²) in [6.07, 6.45) is -21.4. The van der Waals surface area contributed by atoms with Crippen LogP contribution in [0.5, 0.6) is 0 Å². The molecule has 0 rings (SSSR count). The van der Waals surface area contributed by atoms with Gasteiger partial charge >= 0.3 is 11.9 Å². The molecule has 1 amide bonds. The minimum absolute atomic E-state index is 0.707. The molecule has 0 saturated heterocycles. The summed E-state index contributed by atoms with van der Waals surface area (Å²) in [7, 11) is 0. The minimum atomic E-state index is -2.45. The SMILES string of the molecule is O=C(CC[C@H](NC(=O)[C@H](O)[C@@H](O)[C@H](O)[C@H](O)CO)C(=O)O)OC(O)[C@@H](O)[C@@H](O)[C@H](O)[C@H](O)CO. The monoisotopic (exact) mass is 505 g/mol. The molecule has 34 heavy (non-hydrogen) atoms. The lowest BCUT2D eigenvalue weighted by Crippen LogP contribution is -2.54. The van der Waals surface area contributed by atoms with Gasteiger partial charge in [-0.05, 0) is 6.42 Å². The fourth-order valence-electron chi connectivity index (χ4n) is 2.42. The Morgan fingerprint density at radius 2 is 1.18 bits per heavy atom. The van der Waals surface area contributed by atoms with Gasteiger partial charge in [0.15, 0.2) is 6.10 Å². The highest BCUT2D eigenvalue weighted by molar-refractivity contribution is 5.86. The Balaban J connectivity index is 4.88. The Kier molecular flexibility index (Phi) is 14.2. The quantitative estimate of drug-likeness (QED) is 0.0684. The standard InChI is InChI=1S/C17H31NO16/c19-3-6(21)9(24)11(26)13(28)15(30)18-5(16(31)32)1-2-8(23)34-17(33)14(29)12(27)10(25)7(22)4-20/h5-7,9-14,17,19-22,24-29,33H,1-4H2,(H,18,30)(H,31,32)/t5-,6+,7+,9+,10+,11-,12-,13+,14-,17?/m0/s1. The van der Waals surface area contributed by atoms with E-state index < -0.39 is 105 Å². The molecule has 0 aliphatic heterocycles. The number of amides is 1. The zero-order valence-corrected chi connectivity index (χ0v) is 17.6. The Labute approximate surface area is 191 Å². The molecule has 0 fully saturated rings. The first-order valence-electron chi connectivity index (χ1n) is 9.76. The molecule has 0 aromatic carbocycles. The number of hydrogen-bond donors (Lipinski definition) is 13. The van der Waals surface area contributed by atoms with Gasteiger partial charge in [-0.1, -0.05) is 0 Å². The number of esters is 1. The highest BCUT2D eigenvalue weighted by Crippen LogP contribution is 2.12. The molecule has 0 aromatic rings. The van der Waals surface area contributed by atoms with Gasteiger partial charge in [0.05, 0.1) is 13.2 Å². The van der Waals surface area contributed by atoms with E-state index in [9.17, 15) is 60.3 Å². The third-order valence-corrected chi connectivity index (χ3v) is 4.60. The van der Waals surface area contributed by atoms with Crippen LogP contribution < -0.4 is 5.32 Å². The first-order valence-corrected chi connectivity index (χ1v) is 9.76. The van der Waals surface area contributed by atoms with Gasteiger partial charge < -0.3 is 71.3 Å². The van der Waals surface area contributed by atoms with Crippen molar-refractivity contribution >= 4 is 17.8 Å². The van der Waals surface area contributed by atoms with Crippen LogP contribution >= 0.6 is 0 Å². The normalized spacial score (nSPS) is 20.6. The van der Waals surface area contributed by atoms with Gasteiger partial charge in [0.25, 0.3) is 5.91 Å². The van der Waals surface area contributed by atoms with Crippen molar-refractivity contribution in [3.8, 4) is 0 Å². The minimum Gasteiger partial charge on any atom is -0.480 e. The Bertz CT molecular complexity index is 649. The molecule has 0 heterocycles. The van der Waals surface area contributed by atoms with Gasteiger partial charge in [-0.2, -0.15) is 0 Å². The van der Waals surface area contributed by atoms with E-state index in [2.05, 4.69) is 4.74 Å². The van der Waals surface area contributed by atoms with Crippen molar-refractivity contribution in [2.75, 3.05) is 13.2 Å². The van der Waals surface area contributed by atoms with Gasteiger partial charge in [0.1, 0.15) is 48.8 Å². The van der Waals surface area contributed by atoms with Crippen LogP contribution in [0.4, 0.5) is 0 Å². The van der Waals surface area contributed by atoms with Crippen LogP contribution in [0, 0.1) is 0 Å². The van der Waals surface area contributed by atoms with Crippen molar-refractivity contribution in [1.82, 2.24) is 5.32 Å². The number of aliphatic hydroxyl groups excluding tert-OH is 11. The van der Waals surface area contributed by atoms with Crippen LogP contribution in [0.3, 0.4) is 0 Å². The first-order chi connectivity index (χ1) is 15.7. The average Bonchev–Trinajstić information content (AvgIpc) is 2.81. The third-order valence-electron chi connectivity index (χ3n) is 4.60. The van der Waals surface area contributed by atoms with Crippen molar-refractivity contribution in [2.45, 2.75) is 74.0 Å². The molecule has 0 bridgehead atoms. The predicted octanol–water partition coefficient (Wildman–Crippen LogP) is -7.93. The zero-order valence-electron chi connectivity index (χ0n) is 17.6. The smallest absolute Gasteiger partial charge is 0.326 e. The summed E-state index contributed by atoms with van der Waals surface area (Å²) in [6, 6.07) is -1.86. The van der Waals surface area contributed by atoms with Crippen LogP contribution in [-0.2, 0) is 19.1 Å². The third kappa shape index (κ3) is 9.68. The van der Waals surface area contributed by atoms with Crippen molar-refractivity contribution in [3.63, 3.8) is 0 Å². The number of aliphatic hydroxyl groups is 11. The number of nitrogens with one attached hydrogen (secondary N) is 1. The van der Waals surface area contributed by atoms with Crippen LogP contribution in [-0.4, -0.2) is 154 Å². The zero-order chi connectivity index (χ0) is 26.7.